The number of nitrogens with zero attached hydrogens (tertiary/aromatic N) is 2. The summed E-state index contributed by atoms with van der Waals surface area (Å²) in [5.74, 6) is 0. The standard InChI is InChI=1S/C14H16N2O2/c15-9-4-10-16(13-7-8-13)14(17)18-11-12-5-2-1-3-6-12/h1-3,5-6,13H,4,7-8,10-11H2. The fourth-order valence-electron chi connectivity index (χ4n) is 1.78. The summed E-state index contributed by atoms with van der Waals surface area (Å²) in [5, 5.41) is 8.58. The lowest BCUT2D eigenvalue weighted by Gasteiger charge is -2.20. The Labute approximate surface area is 107 Å². The van der Waals surface area contributed by atoms with Crippen LogP contribution in [0.3, 0.4) is 0 Å². The van der Waals surface area contributed by atoms with Crippen molar-refractivity contribution in [3.63, 3.8) is 0 Å². The van der Waals surface area contributed by atoms with E-state index < -0.39 is 0 Å². The molecular formula is C14H16N2O2. The van der Waals surface area contributed by atoms with Crippen LogP contribution in [0.15, 0.2) is 30.3 Å². The first-order valence-corrected chi connectivity index (χ1v) is 6.15. The van der Waals surface area contributed by atoms with E-state index in [9.17, 15) is 4.79 Å². The molecule has 1 amide bonds. The van der Waals surface area contributed by atoms with Gasteiger partial charge in [0.2, 0.25) is 0 Å². The minimum atomic E-state index is -0.309. The van der Waals surface area contributed by atoms with Crippen LogP contribution in [0.1, 0.15) is 24.8 Å². The normalized spacial score (nSPS) is 13.7. The molecule has 4 nitrogen and oxygen atoms in total. The fraction of sp³-hybridized carbons (Fsp3) is 0.429. The molecule has 0 spiro atoms. The van der Waals surface area contributed by atoms with Gasteiger partial charge in [-0.3, -0.25) is 0 Å². The molecule has 1 fully saturated rings. The van der Waals surface area contributed by atoms with E-state index in [-0.39, 0.29) is 18.7 Å². The molecule has 0 aromatic heterocycles. The molecule has 0 atom stereocenters. The van der Waals surface area contributed by atoms with E-state index in [1.165, 1.54) is 0 Å². The molecule has 18 heavy (non-hydrogen) atoms. The number of ether oxygens (including phenoxy) is 1. The van der Waals surface area contributed by atoms with Crippen LogP contribution >= 0.6 is 0 Å². The molecule has 0 aliphatic heterocycles. The predicted molar refractivity (Wildman–Crippen MR) is 66.6 cm³/mol. The summed E-state index contributed by atoms with van der Waals surface area (Å²) in [6.07, 6.45) is 2.09. The molecule has 1 aliphatic carbocycles. The zero-order valence-electron chi connectivity index (χ0n) is 10.2. The third-order valence-electron chi connectivity index (χ3n) is 2.89. The Bertz CT molecular complexity index is 435. The van der Waals surface area contributed by atoms with Crippen LogP contribution in [0.5, 0.6) is 0 Å². The maximum Gasteiger partial charge on any atom is 0.410 e. The van der Waals surface area contributed by atoms with E-state index in [2.05, 4.69) is 6.07 Å². The summed E-state index contributed by atoms with van der Waals surface area (Å²) < 4.78 is 5.27. The van der Waals surface area contributed by atoms with Gasteiger partial charge in [0, 0.05) is 12.6 Å². The van der Waals surface area contributed by atoms with Gasteiger partial charge >= 0.3 is 6.09 Å². The van der Waals surface area contributed by atoms with Crippen molar-refractivity contribution >= 4 is 6.09 Å². The van der Waals surface area contributed by atoms with Gasteiger partial charge in [0.1, 0.15) is 6.61 Å². The third kappa shape index (κ3) is 3.49. The first kappa shape index (κ1) is 12.4. The number of carbonyl (C=O) groups excluding carboxylic acids is 1. The molecule has 0 heterocycles. The second-order valence-corrected chi connectivity index (χ2v) is 4.37. The van der Waals surface area contributed by atoms with Crippen LogP contribution in [-0.4, -0.2) is 23.6 Å². The molecular weight excluding hydrogens is 228 g/mol. The summed E-state index contributed by atoms with van der Waals surface area (Å²) in [5.41, 5.74) is 0.974. The second-order valence-electron chi connectivity index (χ2n) is 4.37. The van der Waals surface area contributed by atoms with E-state index in [0.29, 0.717) is 13.0 Å². The highest BCUT2D eigenvalue weighted by atomic mass is 16.6. The van der Waals surface area contributed by atoms with Crippen LogP contribution in [-0.2, 0) is 11.3 Å². The number of hydrogen-bond acceptors (Lipinski definition) is 3. The topological polar surface area (TPSA) is 53.3 Å². The first-order chi connectivity index (χ1) is 8.81. The minimum absolute atomic E-state index is 0.279. The highest BCUT2D eigenvalue weighted by Gasteiger charge is 2.33. The smallest absolute Gasteiger partial charge is 0.410 e. The van der Waals surface area contributed by atoms with Gasteiger partial charge < -0.3 is 9.64 Å². The lowest BCUT2D eigenvalue weighted by atomic mass is 10.2. The maximum atomic E-state index is 11.9. The lowest BCUT2D eigenvalue weighted by Crippen LogP contribution is -2.34. The summed E-state index contributed by atoms with van der Waals surface area (Å²) >= 11 is 0. The number of benzene rings is 1. The zero-order valence-corrected chi connectivity index (χ0v) is 10.2. The van der Waals surface area contributed by atoms with Crippen molar-refractivity contribution in [2.24, 2.45) is 0 Å². The molecule has 1 aromatic carbocycles. The molecule has 2 rings (SSSR count). The maximum absolute atomic E-state index is 11.9. The molecule has 1 aliphatic rings. The number of carbonyl (C=O) groups is 1. The Morgan fingerprint density at radius 1 is 1.39 bits per heavy atom. The second kappa shape index (κ2) is 6.06. The lowest BCUT2D eigenvalue weighted by molar-refractivity contribution is 0.0943. The molecule has 0 radical (unpaired) electrons. The van der Waals surface area contributed by atoms with Gasteiger partial charge in [-0.15, -0.1) is 0 Å². The summed E-state index contributed by atoms with van der Waals surface area (Å²) in [6, 6.07) is 11.9. The first-order valence-electron chi connectivity index (χ1n) is 6.15. The average Bonchev–Trinajstić information content (AvgIpc) is 3.22. The Balaban J connectivity index is 1.84. The van der Waals surface area contributed by atoms with Crippen LogP contribution in [0.2, 0.25) is 0 Å². The third-order valence-corrected chi connectivity index (χ3v) is 2.89. The molecule has 0 unspecified atom stereocenters. The highest BCUT2D eigenvalue weighted by Crippen LogP contribution is 2.27. The van der Waals surface area contributed by atoms with Crippen molar-refractivity contribution in [1.29, 1.82) is 5.26 Å². The van der Waals surface area contributed by atoms with Gasteiger partial charge in [0.15, 0.2) is 0 Å². The number of hydrogen-bond donors (Lipinski definition) is 0. The van der Waals surface area contributed by atoms with Crippen molar-refractivity contribution in [2.45, 2.75) is 31.9 Å². The Hall–Kier alpha value is -2.02. The van der Waals surface area contributed by atoms with Crippen molar-refractivity contribution in [3.8, 4) is 6.07 Å². The molecule has 0 bridgehead atoms. The van der Waals surface area contributed by atoms with Crippen LogP contribution in [0.4, 0.5) is 4.79 Å². The van der Waals surface area contributed by atoms with Crippen LogP contribution in [0.25, 0.3) is 0 Å². The van der Waals surface area contributed by atoms with Crippen molar-refractivity contribution in [2.75, 3.05) is 6.54 Å². The van der Waals surface area contributed by atoms with Gasteiger partial charge in [-0.1, -0.05) is 30.3 Å². The van der Waals surface area contributed by atoms with Crippen molar-refractivity contribution in [3.05, 3.63) is 35.9 Å². The average molecular weight is 244 g/mol. The van der Waals surface area contributed by atoms with E-state index in [4.69, 9.17) is 10.00 Å². The number of rotatable bonds is 5. The van der Waals surface area contributed by atoms with Gasteiger partial charge in [-0.25, -0.2) is 4.79 Å². The quantitative estimate of drug-likeness (QED) is 0.800. The minimum Gasteiger partial charge on any atom is -0.445 e. The number of nitriles is 1. The van der Waals surface area contributed by atoms with Crippen molar-refractivity contribution < 1.29 is 9.53 Å². The highest BCUT2D eigenvalue weighted by molar-refractivity contribution is 5.68. The Morgan fingerprint density at radius 2 is 2.11 bits per heavy atom. The fourth-order valence-corrected chi connectivity index (χ4v) is 1.78. The summed E-state index contributed by atoms with van der Waals surface area (Å²) in [4.78, 5) is 13.6. The molecule has 1 aromatic rings. The van der Waals surface area contributed by atoms with E-state index in [0.717, 1.165) is 18.4 Å². The van der Waals surface area contributed by atoms with Gasteiger partial charge in [0.25, 0.3) is 0 Å². The largest absolute Gasteiger partial charge is 0.445 e. The molecule has 4 heteroatoms. The van der Waals surface area contributed by atoms with Gasteiger partial charge in [0.05, 0.1) is 12.5 Å². The molecule has 94 valence electrons. The predicted octanol–water partition coefficient (Wildman–Crippen LogP) is 2.70. The van der Waals surface area contributed by atoms with Gasteiger partial charge in [-0.05, 0) is 18.4 Å². The SMILES string of the molecule is N#CCCN(C(=O)OCc1ccccc1)C1CC1. The van der Waals surface area contributed by atoms with Crippen LogP contribution < -0.4 is 0 Å². The monoisotopic (exact) mass is 244 g/mol. The van der Waals surface area contributed by atoms with Gasteiger partial charge in [-0.2, -0.15) is 5.26 Å². The Kier molecular flexibility index (Phi) is 4.19. The van der Waals surface area contributed by atoms with Crippen LogP contribution in [0, 0.1) is 11.3 Å². The molecule has 0 saturated heterocycles. The number of amides is 1. The Morgan fingerprint density at radius 3 is 2.72 bits per heavy atom. The van der Waals surface area contributed by atoms with E-state index in [1.807, 2.05) is 30.3 Å². The molecule has 1 saturated carbocycles. The van der Waals surface area contributed by atoms with E-state index in [1.54, 1.807) is 4.90 Å². The zero-order chi connectivity index (χ0) is 12.8. The summed E-state index contributed by atoms with van der Waals surface area (Å²) in [7, 11) is 0. The van der Waals surface area contributed by atoms with E-state index >= 15 is 0 Å². The molecule has 0 N–H and O–H groups in total. The van der Waals surface area contributed by atoms with Crippen molar-refractivity contribution in [1.82, 2.24) is 4.90 Å². The summed E-state index contributed by atoms with van der Waals surface area (Å²) in [6.45, 7) is 0.754.